The van der Waals surface area contributed by atoms with Crippen LogP contribution in [-0.2, 0) is 0 Å². The highest BCUT2D eigenvalue weighted by Gasteiger charge is 2.23. The summed E-state index contributed by atoms with van der Waals surface area (Å²) in [5.41, 5.74) is 5.41. The Morgan fingerprint density at radius 1 is 1.36 bits per heavy atom. The largest absolute Gasteiger partial charge is 0.330 e. The van der Waals surface area contributed by atoms with Crippen molar-refractivity contribution in [2.45, 2.75) is 26.2 Å². The first-order chi connectivity index (χ1) is 5.36. The highest BCUT2D eigenvalue weighted by atomic mass is 15.2. The van der Waals surface area contributed by atoms with Crippen molar-refractivity contribution >= 4 is 0 Å². The van der Waals surface area contributed by atoms with Gasteiger partial charge in [-0.05, 0) is 31.8 Å². The van der Waals surface area contributed by atoms with E-state index in [0.29, 0.717) is 0 Å². The molecule has 0 saturated carbocycles. The third-order valence-corrected chi connectivity index (χ3v) is 2.54. The van der Waals surface area contributed by atoms with Crippen LogP contribution in [0.1, 0.15) is 26.2 Å². The summed E-state index contributed by atoms with van der Waals surface area (Å²) in [6.07, 6.45) is 3.83. The van der Waals surface area contributed by atoms with Crippen molar-refractivity contribution in [3.05, 3.63) is 0 Å². The van der Waals surface area contributed by atoms with Crippen LogP contribution in [0.3, 0.4) is 0 Å². The fourth-order valence-corrected chi connectivity index (χ4v) is 1.60. The molecule has 1 aliphatic heterocycles. The van der Waals surface area contributed by atoms with E-state index in [1.54, 1.807) is 0 Å². The van der Waals surface area contributed by atoms with Crippen LogP contribution >= 0.6 is 0 Å². The predicted octanol–water partition coefficient (Wildman–Crippen LogP) is 1.07. The van der Waals surface area contributed by atoms with E-state index in [4.69, 9.17) is 5.73 Å². The molecule has 2 heteroatoms. The molecule has 1 aliphatic rings. The number of nitrogens with two attached hydrogens (primary N) is 1. The van der Waals surface area contributed by atoms with Crippen LogP contribution < -0.4 is 5.73 Å². The van der Waals surface area contributed by atoms with E-state index in [-0.39, 0.29) is 0 Å². The van der Waals surface area contributed by atoms with Gasteiger partial charge in [0.05, 0.1) is 0 Å². The summed E-state index contributed by atoms with van der Waals surface area (Å²) in [5.74, 6) is 0.993. The smallest absolute Gasteiger partial charge is 0.00219 e. The minimum Gasteiger partial charge on any atom is -0.330 e. The summed E-state index contributed by atoms with van der Waals surface area (Å²) in [4.78, 5) is 2.53. The number of likely N-dealkylation sites (tertiary alicyclic amines) is 1. The standard InChI is InChI=1S/C9H20N2/c1-2-9-7-11(8-9)6-4-3-5-10/h9H,2-8,10H2,1H3. The zero-order valence-electron chi connectivity index (χ0n) is 7.55. The van der Waals surface area contributed by atoms with E-state index < -0.39 is 0 Å². The molecule has 0 aliphatic carbocycles. The van der Waals surface area contributed by atoms with Gasteiger partial charge in [-0.1, -0.05) is 13.3 Å². The van der Waals surface area contributed by atoms with Crippen LogP contribution in [0.4, 0.5) is 0 Å². The van der Waals surface area contributed by atoms with Crippen LogP contribution in [0.2, 0.25) is 0 Å². The van der Waals surface area contributed by atoms with E-state index in [2.05, 4.69) is 11.8 Å². The lowest BCUT2D eigenvalue weighted by Gasteiger charge is -2.38. The second-order valence-corrected chi connectivity index (χ2v) is 3.53. The van der Waals surface area contributed by atoms with Gasteiger partial charge in [0.25, 0.3) is 0 Å². The van der Waals surface area contributed by atoms with E-state index >= 15 is 0 Å². The molecule has 11 heavy (non-hydrogen) atoms. The van der Waals surface area contributed by atoms with Crippen molar-refractivity contribution in [3.63, 3.8) is 0 Å². The first-order valence-electron chi connectivity index (χ1n) is 4.79. The summed E-state index contributed by atoms with van der Waals surface area (Å²) in [7, 11) is 0. The highest BCUT2D eigenvalue weighted by molar-refractivity contribution is 4.77. The Balaban J connectivity index is 1.88. The zero-order chi connectivity index (χ0) is 8.10. The molecule has 0 radical (unpaired) electrons. The quantitative estimate of drug-likeness (QED) is 0.603. The Labute approximate surface area is 69.8 Å². The molecule has 0 spiro atoms. The van der Waals surface area contributed by atoms with Crippen molar-refractivity contribution in [1.29, 1.82) is 0 Å². The van der Waals surface area contributed by atoms with Gasteiger partial charge in [0.2, 0.25) is 0 Å². The van der Waals surface area contributed by atoms with E-state index in [1.165, 1.54) is 38.9 Å². The summed E-state index contributed by atoms with van der Waals surface area (Å²) in [5, 5.41) is 0. The van der Waals surface area contributed by atoms with Gasteiger partial charge in [-0.15, -0.1) is 0 Å². The monoisotopic (exact) mass is 156 g/mol. The topological polar surface area (TPSA) is 29.3 Å². The SMILES string of the molecule is CCC1CN(CCCCN)C1. The minimum absolute atomic E-state index is 0.852. The lowest BCUT2D eigenvalue weighted by molar-refractivity contribution is 0.0962. The maximum absolute atomic E-state index is 5.41. The van der Waals surface area contributed by atoms with Crippen molar-refractivity contribution in [2.75, 3.05) is 26.2 Å². The first kappa shape index (κ1) is 9.01. The minimum atomic E-state index is 0.852. The second-order valence-electron chi connectivity index (χ2n) is 3.53. The molecule has 2 N–H and O–H groups in total. The van der Waals surface area contributed by atoms with Crippen molar-refractivity contribution < 1.29 is 0 Å². The molecule has 1 saturated heterocycles. The van der Waals surface area contributed by atoms with Gasteiger partial charge in [-0.3, -0.25) is 0 Å². The van der Waals surface area contributed by atoms with Crippen LogP contribution in [0.15, 0.2) is 0 Å². The Kier molecular flexibility index (Phi) is 3.87. The lowest BCUT2D eigenvalue weighted by Crippen LogP contribution is -2.46. The van der Waals surface area contributed by atoms with Crippen LogP contribution in [-0.4, -0.2) is 31.1 Å². The fraction of sp³-hybridized carbons (Fsp3) is 1.00. The van der Waals surface area contributed by atoms with Gasteiger partial charge in [-0.2, -0.15) is 0 Å². The molecule has 1 heterocycles. The van der Waals surface area contributed by atoms with E-state index in [0.717, 1.165) is 12.5 Å². The summed E-state index contributed by atoms with van der Waals surface area (Å²) in [6.45, 7) is 7.07. The van der Waals surface area contributed by atoms with Gasteiger partial charge >= 0.3 is 0 Å². The van der Waals surface area contributed by atoms with Gasteiger partial charge < -0.3 is 10.6 Å². The van der Waals surface area contributed by atoms with Crippen LogP contribution in [0.25, 0.3) is 0 Å². The van der Waals surface area contributed by atoms with E-state index in [1.807, 2.05) is 0 Å². The number of hydrogen-bond donors (Lipinski definition) is 1. The average molecular weight is 156 g/mol. The first-order valence-corrected chi connectivity index (χ1v) is 4.79. The molecule has 0 bridgehead atoms. The van der Waals surface area contributed by atoms with E-state index in [9.17, 15) is 0 Å². The Bertz CT molecular complexity index is 97.7. The third kappa shape index (κ3) is 2.80. The van der Waals surface area contributed by atoms with Crippen LogP contribution in [0.5, 0.6) is 0 Å². The van der Waals surface area contributed by atoms with Crippen LogP contribution in [0, 0.1) is 5.92 Å². The molecule has 0 aromatic carbocycles. The zero-order valence-corrected chi connectivity index (χ0v) is 7.55. The molecular formula is C9H20N2. The van der Waals surface area contributed by atoms with Gasteiger partial charge in [-0.25, -0.2) is 0 Å². The van der Waals surface area contributed by atoms with Gasteiger partial charge in [0, 0.05) is 13.1 Å². The molecular weight excluding hydrogens is 136 g/mol. The fourth-order valence-electron chi connectivity index (χ4n) is 1.60. The number of hydrogen-bond acceptors (Lipinski definition) is 2. The summed E-state index contributed by atoms with van der Waals surface area (Å²) < 4.78 is 0. The Hall–Kier alpha value is -0.0800. The number of nitrogens with zero attached hydrogens (tertiary/aromatic N) is 1. The molecule has 2 nitrogen and oxygen atoms in total. The molecule has 0 amide bonds. The van der Waals surface area contributed by atoms with Crippen molar-refractivity contribution in [2.24, 2.45) is 11.7 Å². The molecule has 0 atom stereocenters. The summed E-state index contributed by atoms with van der Waals surface area (Å²) >= 11 is 0. The molecule has 0 unspecified atom stereocenters. The molecule has 0 aromatic rings. The molecule has 1 fully saturated rings. The Morgan fingerprint density at radius 3 is 2.64 bits per heavy atom. The van der Waals surface area contributed by atoms with Gasteiger partial charge in [0.15, 0.2) is 0 Å². The number of unbranched alkanes of at least 4 members (excludes halogenated alkanes) is 1. The predicted molar refractivity (Wildman–Crippen MR) is 48.5 cm³/mol. The average Bonchev–Trinajstić information content (AvgIpc) is 1.94. The van der Waals surface area contributed by atoms with Crippen molar-refractivity contribution in [3.8, 4) is 0 Å². The second kappa shape index (κ2) is 4.73. The molecule has 1 rings (SSSR count). The number of rotatable bonds is 5. The highest BCUT2D eigenvalue weighted by Crippen LogP contribution is 2.18. The maximum atomic E-state index is 5.41. The lowest BCUT2D eigenvalue weighted by atomic mass is 9.97. The Morgan fingerprint density at radius 2 is 2.09 bits per heavy atom. The molecule has 0 aromatic heterocycles. The molecule has 66 valence electrons. The normalized spacial score (nSPS) is 20.2. The van der Waals surface area contributed by atoms with Gasteiger partial charge in [0.1, 0.15) is 0 Å². The maximum Gasteiger partial charge on any atom is 0.00219 e. The summed E-state index contributed by atoms with van der Waals surface area (Å²) in [6, 6.07) is 0. The third-order valence-electron chi connectivity index (χ3n) is 2.54. The van der Waals surface area contributed by atoms with Crippen molar-refractivity contribution in [1.82, 2.24) is 4.90 Å².